The molecule has 0 aromatic heterocycles. The third-order valence-corrected chi connectivity index (χ3v) is 4.58. The number of nitrogens with two attached hydrogens (primary N) is 1. The predicted molar refractivity (Wildman–Crippen MR) is 93.3 cm³/mol. The van der Waals surface area contributed by atoms with Crippen molar-refractivity contribution in [2.24, 2.45) is 0 Å². The van der Waals surface area contributed by atoms with Crippen LogP contribution >= 0.6 is 0 Å². The maximum atomic E-state index is 6.14. The van der Waals surface area contributed by atoms with Gasteiger partial charge in [-0.05, 0) is 47.7 Å². The predicted octanol–water partition coefficient (Wildman–Crippen LogP) is 2.30. The molecule has 23 heavy (non-hydrogen) atoms. The van der Waals surface area contributed by atoms with Crippen LogP contribution in [0.5, 0.6) is 23.0 Å². The van der Waals surface area contributed by atoms with Crippen molar-refractivity contribution in [2.45, 2.75) is 6.92 Å². The normalized spacial score (nSPS) is 13.3. The monoisotopic (exact) mass is 299 g/mol. The minimum Gasteiger partial charge on any atom is -0.458 e. The van der Waals surface area contributed by atoms with Crippen molar-refractivity contribution in [1.29, 1.82) is 0 Å². The largest absolute Gasteiger partial charge is 0.458 e. The molecule has 2 aliphatic heterocycles. The molecule has 0 unspecified atom stereocenters. The van der Waals surface area contributed by atoms with Crippen LogP contribution in [0.4, 0.5) is 5.69 Å². The van der Waals surface area contributed by atoms with Crippen molar-refractivity contribution in [3.63, 3.8) is 0 Å². The highest BCUT2D eigenvalue weighted by Gasteiger charge is 2.39. The summed E-state index contributed by atoms with van der Waals surface area (Å²) in [6, 6.07) is 18.2. The highest BCUT2D eigenvalue weighted by molar-refractivity contribution is 6.98. The van der Waals surface area contributed by atoms with E-state index in [1.807, 2.05) is 30.3 Å². The summed E-state index contributed by atoms with van der Waals surface area (Å²) in [6.45, 7) is 2.20. The van der Waals surface area contributed by atoms with E-state index >= 15 is 0 Å². The minimum absolute atomic E-state index is 0.120. The molecule has 3 aromatic rings. The molecule has 110 valence electrons. The third kappa shape index (κ3) is 1.72. The van der Waals surface area contributed by atoms with Crippen LogP contribution in [0.2, 0.25) is 0 Å². The van der Waals surface area contributed by atoms with Gasteiger partial charge in [0.15, 0.2) is 0 Å². The van der Waals surface area contributed by atoms with E-state index in [2.05, 4.69) is 31.2 Å². The van der Waals surface area contributed by atoms with E-state index in [-0.39, 0.29) is 6.71 Å². The Bertz CT molecular complexity index is 894. The molecule has 0 saturated heterocycles. The van der Waals surface area contributed by atoms with Crippen molar-refractivity contribution in [1.82, 2.24) is 0 Å². The average Bonchev–Trinajstić information content (AvgIpc) is 2.54. The second kappa shape index (κ2) is 4.32. The van der Waals surface area contributed by atoms with Crippen molar-refractivity contribution in [3.8, 4) is 23.0 Å². The molecule has 0 amide bonds. The van der Waals surface area contributed by atoms with Gasteiger partial charge in [0.05, 0.1) is 0 Å². The first-order valence-electron chi connectivity index (χ1n) is 7.69. The minimum atomic E-state index is 0.120. The van der Waals surface area contributed by atoms with Crippen LogP contribution in [0.25, 0.3) is 0 Å². The fourth-order valence-electron chi connectivity index (χ4n) is 3.55. The molecular weight excluding hydrogens is 285 g/mol. The number of aryl methyl sites for hydroxylation is 1. The summed E-state index contributed by atoms with van der Waals surface area (Å²) in [4.78, 5) is 0. The summed E-state index contributed by atoms with van der Waals surface area (Å²) >= 11 is 0. The lowest BCUT2D eigenvalue weighted by Crippen LogP contribution is -2.57. The van der Waals surface area contributed by atoms with E-state index in [9.17, 15) is 0 Å². The van der Waals surface area contributed by atoms with Gasteiger partial charge in [-0.2, -0.15) is 0 Å². The number of hydrogen-bond donors (Lipinski definition) is 1. The maximum Gasteiger partial charge on any atom is 0.260 e. The summed E-state index contributed by atoms with van der Waals surface area (Å²) in [6.07, 6.45) is 0. The van der Waals surface area contributed by atoms with Crippen LogP contribution < -0.4 is 31.6 Å². The first kappa shape index (κ1) is 12.6. The van der Waals surface area contributed by atoms with Gasteiger partial charge in [-0.3, -0.25) is 0 Å². The molecule has 2 heterocycles. The van der Waals surface area contributed by atoms with E-state index in [4.69, 9.17) is 15.2 Å². The Morgan fingerprint density at radius 1 is 0.783 bits per heavy atom. The Balaban J connectivity index is 1.84. The van der Waals surface area contributed by atoms with E-state index in [1.54, 1.807) is 0 Å². The molecule has 0 fully saturated rings. The van der Waals surface area contributed by atoms with Gasteiger partial charge < -0.3 is 15.2 Å². The van der Waals surface area contributed by atoms with Crippen LogP contribution in [0, 0.1) is 6.92 Å². The lowest BCUT2D eigenvalue weighted by Gasteiger charge is -2.32. The molecule has 2 aliphatic rings. The Hall–Kier alpha value is -2.88. The molecule has 3 aromatic carbocycles. The van der Waals surface area contributed by atoms with Crippen LogP contribution in [0.15, 0.2) is 54.6 Å². The molecule has 4 heteroatoms. The Kier molecular flexibility index (Phi) is 2.38. The zero-order valence-corrected chi connectivity index (χ0v) is 12.7. The standard InChI is InChI=1S/C19H14BNO2/c1-11-5-7-13-17(9-11)22-15-3-2-4-16-19(15)20(13)14-8-6-12(21)10-18(14)23-16/h2-10H,21H2,1H3. The molecule has 0 saturated carbocycles. The van der Waals surface area contributed by atoms with E-state index in [1.165, 1.54) is 11.0 Å². The van der Waals surface area contributed by atoms with E-state index in [0.29, 0.717) is 5.69 Å². The van der Waals surface area contributed by atoms with Gasteiger partial charge in [0.2, 0.25) is 0 Å². The number of nitrogen functional groups attached to an aromatic ring is 1. The first-order valence-corrected chi connectivity index (χ1v) is 7.69. The maximum absolute atomic E-state index is 6.14. The van der Waals surface area contributed by atoms with Gasteiger partial charge in [0.1, 0.15) is 23.0 Å². The number of hydrogen-bond acceptors (Lipinski definition) is 3. The number of benzene rings is 3. The summed E-state index contributed by atoms with van der Waals surface area (Å²) in [7, 11) is 0. The Morgan fingerprint density at radius 3 is 2.17 bits per heavy atom. The molecular formula is C19H14BNO2. The van der Waals surface area contributed by atoms with Gasteiger partial charge in [0, 0.05) is 17.2 Å². The zero-order chi connectivity index (χ0) is 15.6. The zero-order valence-electron chi connectivity index (χ0n) is 12.7. The first-order chi connectivity index (χ1) is 11.2. The SMILES string of the molecule is Cc1ccc2c(c1)Oc1cccc3c1B2c1ccc(N)cc1O3. The third-order valence-electron chi connectivity index (χ3n) is 4.58. The van der Waals surface area contributed by atoms with E-state index in [0.717, 1.165) is 33.9 Å². The Morgan fingerprint density at radius 2 is 1.43 bits per heavy atom. The molecule has 0 atom stereocenters. The number of fused-ring (bicyclic) bond motifs is 4. The van der Waals surface area contributed by atoms with Crippen LogP contribution in [-0.2, 0) is 0 Å². The highest BCUT2D eigenvalue weighted by Crippen LogP contribution is 2.34. The summed E-state index contributed by atoms with van der Waals surface area (Å²) in [5, 5.41) is 0. The quantitative estimate of drug-likeness (QED) is 0.352. The molecule has 0 radical (unpaired) electrons. The molecule has 5 rings (SSSR count). The fraction of sp³-hybridized carbons (Fsp3) is 0.0526. The van der Waals surface area contributed by atoms with Crippen LogP contribution in [-0.4, -0.2) is 6.71 Å². The highest BCUT2D eigenvalue weighted by atomic mass is 16.5. The Labute approximate surface area is 134 Å². The summed E-state index contributed by atoms with van der Waals surface area (Å²) < 4.78 is 12.2. The lowest BCUT2D eigenvalue weighted by atomic mass is 9.35. The van der Waals surface area contributed by atoms with Gasteiger partial charge in [-0.25, -0.2) is 0 Å². The molecule has 3 nitrogen and oxygen atoms in total. The number of rotatable bonds is 0. The smallest absolute Gasteiger partial charge is 0.260 e. The van der Waals surface area contributed by atoms with Gasteiger partial charge in [0.25, 0.3) is 6.71 Å². The number of ether oxygens (including phenoxy) is 2. The van der Waals surface area contributed by atoms with Crippen molar-refractivity contribution in [2.75, 3.05) is 5.73 Å². The fourth-order valence-corrected chi connectivity index (χ4v) is 3.55. The molecule has 0 bridgehead atoms. The molecule has 0 aliphatic carbocycles. The topological polar surface area (TPSA) is 44.5 Å². The second-order valence-corrected chi connectivity index (χ2v) is 6.14. The van der Waals surface area contributed by atoms with Crippen LogP contribution in [0.3, 0.4) is 0 Å². The molecule has 0 spiro atoms. The lowest BCUT2D eigenvalue weighted by molar-refractivity contribution is 0.464. The second-order valence-electron chi connectivity index (χ2n) is 6.14. The van der Waals surface area contributed by atoms with Crippen molar-refractivity contribution < 1.29 is 9.47 Å². The average molecular weight is 299 g/mol. The number of anilines is 1. The van der Waals surface area contributed by atoms with Gasteiger partial charge in [-0.1, -0.05) is 24.3 Å². The summed E-state index contributed by atoms with van der Waals surface area (Å²) in [5.41, 5.74) is 11.2. The van der Waals surface area contributed by atoms with E-state index < -0.39 is 0 Å². The van der Waals surface area contributed by atoms with Gasteiger partial charge in [-0.15, -0.1) is 0 Å². The van der Waals surface area contributed by atoms with Crippen LogP contribution in [0.1, 0.15) is 5.56 Å². The van der Waals surface area contributed by atoms with Crippen molar-refractivity contribution in [3.05, 3.63) is 60.2 Å². The van der Waals surface area contributed by atoms with Gasteiger partial charge >= 0.3 is 0 Å². The molecule has 2 N–H and O–H groups in total. The summed E-state index contributed by atoms with van der Waals surface area (Å²) in [5.74, 6) is 3.46. The van der Waals surface area contributed by atoms with Crippen molar-refractivity contribution >= 4 is 28.8 Å².